The van der Waals surface area contributed by atoms with Crippen LogP contribution in [0.4, 0.5) is 0 Å². The van der Waals surface area contributed by atoms with Crippen molar-refractivity contribution in [2.45, 2.75) is 31.3 Å². The maximum Gasteiger partial charge on any atom is 0.226 e. The molecule has 0 aliphatic carbocycles. The topological polar surface area (TPSA) is 69.6 Å². The van der Waals surface area contributed by atoms with Crippen molar-refractivity contribution in [2.75, 3.05) is 0 Å². The van der Waals surface area contributed by atoms with Gasteiger partial charge in [-0.1, -0.05) is 59.8 Å². The van der Waals surface area contributed by atoms with Gasteiger partial charge in [-0.25, -0.2) is 4.98 Å². The highest BCUT2D eigenvalue weighted by molar-refractivity contribution is 7.98. The van der Waals surface area contributed by atoms with Crippen LogP contribution < -0.4 is 0 Å². The van der Waals surface area contributed by atoms with E-state index in [1.807, 2.05) is 30.3 Å². The Morgan fingerprint density at radius 3 is 2.55 bits per heavy atom. The molecule has 0 saturated carbocycles. The van der Waals surface area contributed by atoms with Gasteiger partial charge in [0.15, 0.2) is 11.0 Å². The molecule has 5 rings (SSSR count). The Balaban J connectivity index is 1.40. The molecule has 0 unspecified atom stereocenters. The van der Waals surface area contributed by atoms with Gasteiger partial charge in [-0.15, -0.1) is 10.2 Å². The second kappa shape index (κ2) is 9.42. The highest BCUT2D eigenvalue weighted by atomic mass is 32.2. The quantitative estimate of drug-likeness (QED) is 0.284. The molecule has 7 heteroatoms. The lowest BCUT2D eigenvalue weighted by atomic mass is 10.1. The van der Waals surface area contributed by atoms with Crippen LogP contribution in [0, 0.1) is 13.8 Å². The third-order valence-electron chi connectivity index (χ3n) is 5.35. The monoisotopic (exact) mass is 453 g/mol. The lowest BCUT2D eigenvalue weighted by molar-refractivity contribution is 0.573. The van der Waals surface area contributed by atoms with Crippen LogP contribution in [0.3, 0.4) is 0 Å². The van der Waals surface area contributed by atoms with Crippen molar-refractivity contribution in [1.29, 1.82) is 0 Å². The van der Waals surface area contributed by atoms with Gasteiger partial charge < -0.3 is 4.42 Å². The fourth-order valence-corrected chi connectivity index (χ4v) is 4.52. The summed E-state index contributed by atoms with van der Waals surface area (Å²) in [4.78, 5) is 8.84. The molecule has 0 atom stereocenters. The van der Waals surface area contributed by atoms with Gasteiger partial charge in [0.1, 0.15) is 6.26 Å². The first kappa shape index (κ1) is 21.2. The normalized spacial score (nSPS) is 11.1. The summed E-state index contributed by atoms with van der Waals surface area (Å²) in [6.45, 7) is 4.84. The summed E-state index contributed by atoms with van der Waals surface area (Å²) in [5.41, 5.74) is 6.44. The standard InChI is InChI=1S/C26H23N5OS/c1-18-8-9-23(19(2)14-18)25-28-22(16-32-25)17-33-26-30-29-24(21-10-12-27-13-11-21)31(26)15-20-6-4-3-5-7-20/h3-14,16H,15,17H2,1-2H3. The number of aryl methyl sites for hydroxylation is 2. The fraction of sp³-hybridized carbons (Fsp3) is 0.154. The Morgan fingerprint density at radius 1 is 0.939 bits per heavy atom. The largest absolute Gasteiger partial charge is 0.444 e. The third kappa shape index (κ3) is 4.73. The molecule has 0 amide bonds. The van der Waals surface area contributed by atoms with Crippen molar-refractivity contribution >= 4 is 11.8 Å². The van der Waals surface area contributed by atoms with Crippen molar-refractivity contribution < 1.29 is 4.42 Å². The Labute approximate surface area is 196 Å². The summed E-state index contributed by atoms with van der Waals surface area (Å²) in [5.74, 6) is 2.10. The molecule has 0 saturated heterocycles. The summed E-state index contributed by atoms with van der Waals surface area (Å²) in [6, 6.07) is 20.5. The van der Waals surface area contributed by atoms with Crippen molar-refractivity contribution in [2.24, 2.45) is 0 Å². The highest BCUT2D eigenvalue weighted by Crippen LogP contribution is 2.29. The number of thioether (sulfide) groups is 1. The number of rotatable bonds is 7. The molecule has 164 valence electrons. The minimum absolute atomic E-state index is 0.637. The van der Waals surface area contributed by atoms with E-state index in [0.717, 1.165) is 33.4 Å². The van der Waals surface area contributed by atoms with E-state index < -0.39 is 0 Å². The summed E-state index contributed by atoms with van der Waals surface area (Å²) >= 11 is 1.60. The van der Waals surface area contributed by atoms with Crippen molar-refractivity contribution in [3.8, 4) is 22.8 Å². The van der Waals surface area contributed by atoms with Crippen LogP contribution in [-0.4, -0.2) is 24.7 Å². The average molecular weight is 454 g/mol. The molecule has 0 bridgehead atoms. The summed E-state index contributed by atoms with van der Waals surface area (Å²) in [7, 11) is 0. The highest BCUT2D eigenvalue weighted by Gasteiger charge is 2.16. The lowest BCUT2D eigenvalue weighted by Gasteiger charge is -2.10. The molecule has 0 N–H and O–H groups in total. The van der Waals surface area contributed by atoms with Crippen LogP contribution in [0.2, 0.25) is 0 Å². The van der Waals surface area contributed by atoms with Gasteiger partial charge in [0, 0.05) is 29.3 Å². The minimum atomic E-state index is 0.637. The molecule has 0 fully saturated rings. The first-order chi connectivity index (χ1) is 16.2. The minimum Gasteiger partial charge on any atom is -0.444 e. The number of aromatic nitrogens is 5. The molecular formula is C26H23N5OS. The lowest BCUT2D eigenvalue weighted by Crippen LogP contribution is -2.04. The molecular weight excluding hydrogens is 430 g/mol. The number of benzene rings is 2. The number of hydrogen-bond donors (Lipinski definition) is 0. The second-order valence-electron chi connectivity index (χ2n) is 7.86. The van der Waals surface area contributed by atoms with E-state index in [4.69, 9.17) is 9.40 Å². The Bertz CT molecular complexity index is 1360. The predicted octanol–water partition coefficient (Wildman–Crippen LogP) is 5.95. The van der Waals surface area contributed by atoms with Crippen LogP contribution in [-0.2, 0) is 12.3 Å². The van der Waals surface area contributed by atoms with E-state index >= 15 is 0 Å². The van der Waals surface area contributed by atoms with E-state index in [9.17, 15) is 0 Å². The van der Waals surface area contributed by atoms with Gasteiger partial charge >= 0.3 is 0 Å². The van der Waals surface area contributed by atoms with Crippen LogP contribution in [0.15, 0.2) is 88.9 Å². The van der Waals surface area contributed by atoms with Gasteiger partial charge in [0.2, 0.25) is 5.89 Å². The summed E-state index contributed by atoms with van der Waals surface area (Å²) in [5, 5.41) is 9.81. The van der Waals surface area contributed by atoms with E-state index in [-0.39, 0.29) is 0 Å². The van der Waals surface area contributed by atoms with Gasteiger partial charge in [-0.05, 0) is 43.2 Å². The first-order valence-electron chi connectivity index (χ1n) is 10.7. The second-order valence-corrected chi connectivity index (χ2v) is 8.81. The molecule has 0 spiro atoms. The van der Waals surface area contributed by atoms with Crippen LogP contribution in [0.1, 0.15) is 22.4 Å². The van der Waals surface area contributed by atoms with Crippen LogP contribution in [0.5, 0.6) is 0 Å². The molecule has 3 aromatic heterocycles. The Morgan fingerprint density at radius 2 is 1.76 bits per heavy atom. The molecule has 5 aromatic rings. The summed E-state index contributed by atoms with van der Waals surface area (Å²) < 4.78 is 7.93. The fourth-order valence-electron chi connectivity index (χ4n) is 3.71. The number of hydrogen-bond acceptors (Lipinski definition) is 6. The van der Waals surface area contributed by atoms with E-state index in [1.54, 1.807) is 30.4 Å². The van der Waals surface area contributed by atoms with Crippen LogP contribution in [0.25, 0.3) is 22.8 Å². The number of oxazole rings is 1. The molecule has 0 aliphatic rings. The Kier molecular flexibility index (Phi) is 6.04. The van der Waals surface area contributed by atoms with Crippen LogP contribution >= 0.6 is 11.8 Å². The zero-order valence-corrected chi connectivity index (χ0v) is 19.3. The first-order valence-corrected chi connectivity index (χ1v) is 11.7. The van der Waals surface area contributed by atoms with Crippen molar-refractivity contribution in [3.05, 3.63) is 102 Å². The van der Waals surface area contributed by atoms with E-state index in [0.29, 0.717) is 18.2 Å². The van der Waals surface area contributed by atoms with E-state index in [1.165, 1.54) is 11.1 Å². The molecule has 0 aliphatic heterocycles. The van der Waals surface area contributed by atoms with Crippen molar-refractivity contribution in [3.63, 3.8) is 0 Å². The van der Waals surface area contributed by atoms with Gasteiger partial charge in [-0.2, -0.15) is 0 Å². The molecule has 2 aromatic carbocycles. The SMILES string of the molecule is Cc1ccc(-c2nc(CSc3nnc(-c4ccncc4)n3Cc3ccccc3)co2)c(C)c1. The van der Waals surface area contributed by atoms with Gasteiger partial charge in [0.05, 0.1) is 12.2 Å². The third-order valence-corrected chi connectivity index (χ3v) is 6.35. The number of pyridine rings is 1. The van der Waals surface area contributed by atoms with Gasteiger partial charge in [-0.3, -0.25) is 9.55 Å². The maximum absolute atomic E-state index is 5.79. The maximum atomic E-state index is 5.79. The molecule has 0 radical (unpaired) electrons. The average Bonchev–Trinajstić information content (AvgIpc) is 3.46. The zero-order valence-electron chi connectivity index (χ0n) is 18.5. The number of nitrogens with zero attached hydrogens (tertiary/aromatic N) is 5. The molecule has 33 heavy (non-hydrogen) atoms. The smallest absolute Gasteiger partial charge is 0.226 e. The van der Waals surface area contributed by atoms with Gasteiger partial charge in [0.25, 0.3) is 0 Å². The predicted molar refractivity (Wildman–Crippen MR) is 130 cm³/mol. The molecule has 3 heterocycles. The summed E-state index contributed by atoms with van der Waals surface area (Å²) in [6.07, 6.45) is 5.27. The molecule has 6 nitrogen and oxygen atoms in total. The zero-order chi connectivity index (χ0) is 22.6. The Hall–Kier alpha value is -3.71. The van der Waals surface area contributed by atoms with E-state index in [2.05, 4.69) is 63.9 Å². The van der Waals surface area contributed by atoms with Crippen molar-refractivity contribution in [1.82, 2.24) is 24.7 Å².